The zero-order valence-corrected chi connectivity index (χ0v) is 15.7. The molecule has 1 aliphatic rings. The number of thiophene rings is 1. The molecule has 1 aromatic heterocycles. The molecule has 2 rings (SSSR count). The summed E-state index contributed by atoms with van der Waals surface area (Å²) in [5, 5.41) is 5.03. The van der Waals surface area contributed by atoms with Gasteiger partial charge in [-0.1, -0.05) is 13.8 Å². The summed E-state index contributed by atoms with van der Waals surface area (Å²) in [4.78, 5) is 35.9. The van der Waals surface area contributed by atoms with E-state index >= 15 is 0 Å². The van der Waals surface area contributed by atoms with Gasteiger partial charge in [0.2, 0.25) is 0 Å². The predicted molar refractivity (Wildman–Crippen MR) is 95.9 cm³/mol. The van der Waals surface area contributed by atoms with Crippen LogP contribution >= 0.6 is 11.3 Å². The van der Waals surface area contributed by atoms with E-state index in [1.54, 1.807) is 6.92 Å². The van der Waals surface area contributed by atoms with E-state index in [1.807, 2.05) is 19.2 Å². The summed E-state index contributed by atoms with van der Waals surface area (Å²) in [7, 11) is 0. The van der Waals surface area contributed by atoms with E-state index in [4.69, 9.17) is 9.47 Å². The van der Waals surface area contributed by atoms with Gasteiger partial charge in [0.15, 0.2) is 6.61 Å². The van der Waals surface area contributed by atoms with Crippen molar-refractivity contribution in [3.63, 3.8) is 0 Å². The fraction of sp³-hybridized carbons (Fsp3) is 0.611. The molecular weight excluding hydrogens is 342 g/mol. The Bertz CT molecular complexity index is 633. The summed E-state index contributed by atoms with van der Waals surface area (Å²) >= 11 is 1.30. The molecule has 1 heterocycles. The van der Waals surface area contributed by atoms with Gasteiger partial charge in [-0.05, 0) is 49.0 Å². The molecule has 0 saturated heterocycles. The molecule has 6 nitrogen and oxygen atoms in total. The van der Waals surface area contributed by atoms with Gasteiger partial charge >= 0.3 is 11.9 Å². The first-order valence-electron chi connectivity index (χ1n) is 8.66. The zero-order valence-electron chi connectivity index (χ0n) is 14.9. The van der Waals surface area contributed by atoms with Crippen molar-refractivity contribution in [1.29, 1.82) is 0 Å². The summed E-state index contributed by atoms with van der Waals surface area (Å²) in [5.41, 5.74) is 1.38. The average Bonchev–Trinajstić information content (AvgIpc) is 3.32. The van der Waals surface area contributed by atoms with Gasteiger partial charge < -0.3 is 14.8 Å². The lowest BCUT2D eigenvalue weighted by Crippen LogP contribution is -2.22. The number of hydrogen-bond acceptors (Lipinski definition) is 6. The summed E-state index contributed by atoms with van der Waals surface area (Å²) in [6.45, 7) is 5.71. The molecule has 7 heteroatoms. The van der Waals surface area contributed by atoms with Crippen molar-refractivity contribution in [2.75, 3.05) is 18.5 Å². The summed E-state index contributed by atoms with van der Waals surface area (Å²) in [6, 6.07) is 0. The molecule has 0 aliphatic heterocycles. The Balaban J connectivity index is 1.94. The van der Waals surface area contributed by atoms with Crippen LogP contribution in [0.2, 0.25) is 0 Å². The molecule has 1 saturated carbocycles. The highest BCUT2D eigenvalue weighted by Gasteiger charge is 2.32. The largest absolute Gasteiger partial charge is 0.462 e. The maximum absolute atomic E-state index is 12.2. The zero-order chi connectivity index (χ0) is 18.4. The summed E-state index contributed by atoms with van der Waals surface area (Å²) in [6.07, 6.45) is 3.11. The molecule has 25 heavy (non-hydrogen) atoms. The van der Waals surface area contributed by atoms with Crippen LogP contribution in [0.25, 0.3) is 0 Å². The number of ether oxygens (including phenoxy) is 2. The minimum atomic E-state index is -0.451. The van der Waals surface area contributed by atoms with Crippen LogP contribution in [0, 0.1) is 5.92 Å². The van der Waals surface area contributed by atoms with Crippen LogP contribution < -0.4 is 5.32 Å². The normalized spacial score (nSPS) is 13.6. The van der Waals surface area contributed by atoms with E-state index < -0.39 is 11.9 Å². The van der Waals surface area contributed by atoms with Crippen LogP contribution in [0.4, 0.5) is 5.00 Å². The first-order valence-corrected chi connectivity index (χ1v) is 9.54. The predicted octanol–water partition coefficient (Wildman–Crippen LogP) is 3.72. The van der Waals surface area contributed by atoms with Gasteiger partial charge in [-0.3, -0.25) is 9.59 Å². The van der Waals surface area contributed by atoms with Crippen molar-refractivity contribution < 1.29 is 23.9 Å². The van der Waals surface area contributed by atoms with E-state index in [0.717, 1.165) is 24.8 Å². The first kappa shape index (κ1) is 19.4. The number of hydrogen-bond donors (Lipinski definition) is 1. The van der Waals surface area contributed by atoms with Crippen LogP contribution in [0.5, 0.6) is 0 Å². The van der Waals surface area contributed by atoms with Gasteiger partial charge in [-0.2, -0.15) is 0 Å². The van der Waals surface area contributed by atoms with Crippen LogP contribution in [0.15, 0.2) is 5.38 Å². The van der Waals surface area contributed by atoms with Crippen molar-refractivity contribution in [3.8, 4) is 0 Å². The lowest BCUT2D eigenvalue weighted by Gasteiger charge is -2.09. The molecule has 0 spiro atoms. The minimum Gasteiger partial charge on any atom is -0.462 e. The molecule has 1 amide bonds. The number of carbonyl (C=O) groups is 3. The average molecular weight is 367 g/mol. The van der Waals surface area contributed by atoms with E-state index in [2.05, 4.69) is 5.32 Å². The van der Waals surface area contributed by atoms with E-state index in [9.17, 15) is 14.4 Å². The van der Waals surface area contributed by atoms with Crippen molar-refractivity contribution in [1.82, 2.24) is 0 Å². The Hall–Kier alpha value is -1.89. The van der Waals surface area contributed by atoms with Crippen molar-refractivity contribution in [2.24, 2.45) is 5.92 Å². The molecule has 0 atom stereocenters. The lowest BCUT2D eigenvalue weighted by atomic mass is 10.1. The molecule has 0 unspecified atom stereocenters. The first-order chi connectivity index (χ1) is 11.9. The van der Waals surface area contributed by atoms with Gasteiger partial charge in [0, 0.05) is 6.42 Å². The molecule has 0 radical (unpaired) electrons. The van der Waals surface area contributed by atoms with Gasteiger partial charge in [0.1, 0.15) is 5.00 Å². The summed E-state index contributed by atoms with van der Waals surface area (Å²) in [5.74, 6) is -0.488. The fourth-order valence-electron chi connectivity index (χ4n) is 2.36. The summed E-state index contributed by atoms with van der Waals surface area (Å²) < 4.78 is 10.1. The second-order valence-electron chi connectivity index (χ2n) is 6.53. The Labute approximate surface area is 151 Å². The Kier molecular flexibility index (Phi) is 6.99. The van der Waals surface area contributed by atoms with E-state index in [1.165, 1.54) is 11.3 Å². The van der Waals surface area contributed by atoms with Crippen molar-refractivity contribution >= 4 is 34.2 Å². The SMILES string of the molecule is CCOC(=O)c1c(C2CC2)csc1NC(=O)COC(=O)CCC(C)C. The van der Waals surface area contributed by atoms with Gasteiger partial charge in [-0.15, -0.1) is 11.3 Å². The molecule has 1 N–H and O–H groups in total. The third-order valence-corrected chi connectivity index (χ3v) is 4.77. The highest BCUT2D eigenvalue weighted by atomic mass is 32.1. The Morgan fingerprint density at radius 1 is 1.28 bits per heavy atom. The highest BCUT2D eigenvalue weighted by Crippen LogP contribution is 2.46. The second kappa shape index (κ2) is 8.99. The third-order valence-electron chi connectivity index (χ3n) is 3.86. The van der Waals surface area contributed by atoms with E-state index in [0.29, 0.717) is 28.8 Å². The number of rotatable bonds is 9. The van der Waals surface area contributed by atoms with Crippen LogP contribution in [-0.2, 0) is 19.1 Å². The van der Waals surface area contributed by atoms with Crippen molar-refractivity contribution in [2.45, 2.75) is 52.4 Å². The highest BCUT2D eigenvalue weighted by molar-refractivity contribution is 7.15. The number of anilines is 1. The second-order valence-corrected chi connectivity index (χ2v) is 7.41. The van der Waals surface area contributed by atoms with Gasteiger partial charge in [0.05, 0.1) is 12.2 Å². The minimum absolute atomic E-state index is 0.277. The standard InChI is InChI=1S/C18H25NO5S/c1-4-23-18(22)16-13(12-6-7-12)10-25-17(16)19-14(20)9-24-15(21)8-5-11(2)3/h10-12H,4-9H2,1-3H3,(H,19,20). The Morgan fingerprint density at radius 3 is 2.60 bits per heavy atom. The number of amides is 1. The monoisotopic (exact) mass is 367 g/mol. The van der Waals surface area contributed by atoms with Crippen LogP contribution in [0.3, 0.4) is 0 Å². The smallest absolute Gasteiger partial charge is 0.341 e. The maximum Gasteiger partial charge on any atom is 0.341 e. The molecule has 138 valence electrons. The topological polar surface area (TPSA) is 81.7 Å². The lowest BCUT2D eigenvalue weighted by molar-refractivity contribution is -0.147. The van der Waals surface area contributed by atoms with E-state index in [-0.39, 0.29) is 19.2 Å². The molecule has 1 aliphatic carbocycles. The van der Waals surface area contributed by atoms with Gasteiger partial charge in [0.25, 0.3) is 5.91 Å². The molecule has 0 aromatic carbocycles. The number of esters is 2. The maximum atomic E-state index is 12.2. The molecular formula is C18H25NO5S. The molecule has 1 aromatic rings. The molecule has 1 fully saturated rings. The Morgan fingerprint density at radius 2 is 2.00 bits per heavy atom. The molecule has 0 bridgehead atoms. The van der Waals surface area contributed by atoms with Crippen molar-refractivity contribution in [3.05, 3.63) is 16.5 Å². The van der Waals surface area contributed by atoms with Crippen LogP contribution in [-0.4, -0.2) is 31.1 Å². The number of nitrogens with one attached hydrogen (secondary N) is 1. The third kappa shape index (κ3) is 5.85. The van der Waals surface area contributed by atoms with Crippen LogP contribution in [0.1, 0.15) is 68.3 Å². The van der Waals surface area contributed by atoms with Gasteiger partial charge in [-0.25, -0.2) is 4.79 Å². The fourth-order valence-corrected chi connectivity index (χ4v) is 3.41. The quantitative estimate of drug-likeness (QED) is 0.673. The number of carbonyl (C=O) groups excluding carboxylic acids is 3.